The zero-order valence-electron chi connectivity index (χ0n) is 20.8. The number of rotatable bonds is 7. The molecule has 0 saturated carbocycles. The van der Waals surface area contributed by atoms with Crippen molar-refractivity contribution in [2.24, 2.45) is 5.10 Å². The smallest absolute Gasteiger partial charge is 0.318 e. The number of carbonyl (C=O) groups excluding carboxylic acids is 1. The summed E-state index contributed by atoms with van der Waals surface area (Å²) >= 11 is 5.62. The van der Waals surface area contributed by atoms with Crippen LogP contribution in [-0.4, -0.2) is 37.9 Å². The predicted octanol–water partition coefficient (Wildman–Crippen LogP) is 5.30. The summed E-state index contributed by atoms with van der Waals surface area (Å²) in [5, 5.41) is 3.34. The molecular weight excluding hydrogens is 529 g/mol. The zero-order valence-corrected chi connectivity index (χ0v) is 22.4. The van der Waals surface area contributed by atoms with Crippen molar-refractivity contribution >= 4 is 39.4 Å². The number of alkyl halides is 3. The first-order chi connectivity index (χ1) is 17.1. The molecule has 0 radical (unpaired) electrons. The number of aryl methyl sites for hydroxylation is 3. The zero-order chi connectivity index (χ0) is 27.7. The van der Waals surface area contributed by atoms with E-state index >= 15 is 0 Å². The third-order valence-electron chi connectivity index (χ3n) is 5.84. The van der Waals surface area contributed by atoms with Gasteiger partial charge in [-0.3, -0.25) is 9.10 Å². The maximum atomic E-state index is 13.2. The molecule has 1 aromatic heterocycles. The van der Waals surface area contributed by atoms with Crippen LogP contribution in [0.5, 0.6) is 0 Å². The van der Waals surface area contributed by atoms with Gasteiger partial charge in [-0.1, -0.05) is 17.7 Å². The number of nitrogens with zero attached hydrogens (tertiary/aromatic N) is 3. The van der Waals surface area contributed by atoms with E-state index in [9.17, 15) is 26.4 Å². The van der Waals surface area contributed by atoms with Crippen molar-refractivity contribution in [3.63, 3.8) is 0 Å². The molecule has 3 rings (SSSR count). The second-order valence-corrected chi connectivity index (χ2v) is 11.0. The predicted molar refractivity (Wildman–Crippen MR) is 139 cm³/mol. The fourth-order valence-corrected chi connectivity index (χ4v) is 4.88. The molecule has 0 bridgehead atoms. The lowest BCUT2D eigenvalue weighted by Crippen LogP contribution is -2.39. The Bertz CT molecular complexity index is 1480. The van der Waals surface area contributed by atoms with Gasteiger partial charge in [0.2, 0.25) is 10.0 Å². The summed E-state index contributed by atoms with van der Waals surface area (Å²) in [7, 11) is -4.10. The second-order valence-electron chi connectivity index (χ2n) is 8.66. The number of aromatic nitrogens is 1. The fourth-order valence-electron chi connectivity index (χ4n) is 3.81. The first-order valence-corrected chi connectivity index (χ1v) is 13.2. The van der Waals surface area contributed by atoms with Crippen LogP contribution in [0.15, 0.2) is 47.6 Å². The number of sulfonamides is 1. The Labute approximate surface area is 218 Å². The van der Waals surface area contributed by atoms with Gasteiger partial charge in [0.15, 0.2) is 0 Å². The van der Waals surface area contributed by atoms with Gasteiger partial charge in [0.25, 0.3) is 5.91 Å². The van der Waals surface area contributed by atoms with E-state index in [4.69, 9.17) is 11.6 Å². The summed E-state index contributed by atoms with van der Waals surface area (Å²) in [6.07, 6.45) is -2.59. The molecule has 0 spiro atoms. The van der Waals surface area contributed by atoms with Crippen LogP contribution in [0.3, 0.4) is 0 Å². The maximum Gasteiger partial charge on any atom is 0.417 e. The molecule has 3 aromatic rings. The van der Waals surface area contributed by atoms with Crippen molar-refractivity contribution in [3.8, 4) is 5.69 Å². The Morgan fingerprint density at radius 3 is 2.35 bits per heavy atom. The number of hydrogen-bond acceptors (Lipinski definition) is 4. The maximum absolute atomic E-state index is 13.2. The average molecular weight is 555 g/mol. The summed E-state index contributed by atoms with van der Waals surface area (Å²) < 4.78 is 66.8. The Hall–Kier alpha value is -3.31. The van der Waals surface area contributed by atoms with Crippen LogP contribution >= 0.6 is 11.6 Å². The van der Waals surface area contributed by atoms with Crippen molar-refractivity contribution in [3.05, 3.63) is 81.1 Å². The Balaban J connectivity index is 1.79. The summed E-state index contributed by atoms with van der Waals surface area (Å²) in [6, 6.07) is 10.6. The third-order valence-corrected chi connectivity index (χ3v) is 7.31. The molecule has 1 N–H and O–H groups in total. The van der Waals surface area contributed by atoms with Crippen molar-refractivity contribution in [1.29, 1.82) is 0 Å². The quantitative estimate of drug-likeness (QED) is 0.318. The van der Waals surface area contributed by atoms with E-state index in [1.54, 1.807) is 0 Å². The van der Waals surface area contributed by atoms with Crippen LogP contribution in [0.2, 0.25) is 5.02 Å². The topological polar surface area (TPSA) is 83.8 Å². The van der Waals surface area contributed by atoms with E-state index in [0.717, 1.165) is 46.6 Å². The second kappa shape index (κ2) is 10.6. The highest BCUT2D eigenvalue weighted by molar-refractivity contribution is 7.92. The number of anilines is 1. The largest absolute Gasteiger partial charge is 0.417 e. The number of amides is 1. The van der Waals surface area contributed by atoms with Gasteiger partial charge in [-0.15, -0.1) is 0 Å². The van der Waals surface area contributed by atoms with Crippen LogP contribution < -0.4 is 9.73 Å². The molecule has 2 aromatic carbocycles. The van der Waals surface area contributed by atoms with Crippen molar-refractivity contribution in [2.45, 2.75) is 33.9 Å². The first-order valence-electron chi connectivity index (χ1n) is 11.0. The van der Waals surface area contributed by atoms with E-state index in [1.807, 2.05) is 50.5 Å². The number of benzene rings is 2. The number of halogens is 4. The highest BCUT2D eigenvalue weighted by atomic mass is 35.5. The van der Waals surface area contributed by atoms with Crippen LogP contribution in [0.1, 0.15) is 33.6 Å². The summed E-state index contributed by atoms with van der Waals surface area (Å²) in [4.78, 5) is 12.5. The fraction of sp³-hybridized carbons (Fsp3) is 0.280. The number of hydrazone groups is 1. The first kappa shape index (κ1) is 28.3. The Morgan fingerprint density at radius 1 is 1.08 bits per heavy atom. The molecule has 0 unspecified atom stereocenters. The lowest BCUT2D eigenvalue weighted by Gasteiger charge is -2.22. The highest BCUT2D eigenvalue weighted by Gasteiger charge is 2.34. The minimum Gasteiger partial charge on any atom is -0.318 e. The molecule has 0 aliphatic carbocycles. The Morgan fingerprint density at radius 2 is 1.76 bits per heavy atom. The molecule has 1 amide bonds. The van der Waals surface area contributed by atoms with E-state index < -0.39 is 39.2 Å². The minimum absolute atomic E-state index is 0.352. The van der Waals surface area contributed by atoms with Gasteiger partial charge in [-0.25, -0.2) is 13.8 Å². The molecule has 37 heavy (non-hydrogen) atoms. The summed E-state index contributed by atoms with van der Waals surface area (Å²) in [6.45, 7) is 7.11. The lowest BCUT2D eigenvalue weighted by molar-refractivity contribution is -0.137. The van der Waals surface area contributed by atoms with Crippen molar-refractivity contribution < 1.29 is 26.4 Å². The molecule has 0 atom stereocenters. The third kappa shape index (κ3) is 6.53. The van der Waals surface area contributed by atoms with Crippen LogP contribution in [0, 0.1) is 27.7 Å². The molecular formula is C25H26ClF3N4O3S. The number of hydrogen-bond donors (Lipinski definition) is 1. The van der Waals surface area contributed by atoms with Gasteiger partial charge in [0.05, 0.1) is 28.7 Å². The van der Waals surface area contributed by atoms with Crippen LogP contribution in [-0.2, 0) is 21.0 Å². The van der Waals surface area contributed by atoms with E-state index in [-0.39, 0.29) is 5.69 Å². The van der Waals surface area contributed by atoms with Gasteiger partial charge in [-0.2, -0.15) is 18.3 Å². The normalized spacial score (nSPS) is 12.2. The average Bonchev–Trinajstić information content (AvgIpc) is 3.06. The SMILES string of the molecule is Cc1ccc(-n2c(C)cc(/C=N\NC(=O)CN(c3ccc(Cl)c(C(F)(F)F)c3)S(C)(=O)=O)c2C)cc1C. The van der Waals surface area contributed by atoms with Gasteiger partial charge >= 0.3 is 6.18 Å². The highest BCUT2D eigenvalue weighted by Crippen LogP contribution is 2.37. The molecule has 12 heteroatoms. The van der Waals surface area contributed by atoms with Crippen LogP contribution in [0.4, 0.5) is 18.9 Å². The molecule has 1 heterocycles. The van der Waals surface area contributed by atoms with Gasteiger partial charge in [0, 0.05) is 22.6 Å². The van der Waals surface area contributed by atoms with Gasteiger partial charge in [0.1, 0.15) is 6.54 Å². The summed E-state index contributed by atoms with van der Waals surface area (Å²) in [5.41, 5.74) is 6.52. The van der Waals surface area contributed by atoms with E-state index in [2.05, 4.69) is 16.6 Å². The van der Waals surface area contributed by atoms with Crippen molar-refractivity contribution in [1.82, 2.24) is 9.99 Å². The summed E-state index contributed by atoms with van der Waals surface area (Å²) in [5.74, 6) is -0.840. The minimum atomic E-state index is -4.80. The molecule has 0 aliphatic heterocycles. The molecule has 0 saturated heterocycles. The molecule has 7 nitrogen and oxygen atoms in total. The van der Waals surface area contributed by atoms with E-state index in [0.29, 0.717) is 10.4 Å². The molecule has 0 aliphatic rings. The lowest BCUT2D eigenvalue weighted by atomic mass is 10.1. The molecule has 0 fully saturated rings. The number of carbonyl (C=O) groups is 1. The van der Waals surface area contributed by atoms with Crippen LogP contribution in [0.25, 0.3) is 5.69 Å². The Kier molecular flexibility index (Phi) is 8.09. The monoisotopic (exact) mass is 554 g/mol. The van der Waals surface area contributed by atoms with Gasteiger partial charge < -0.3 is 4.57 Å². The van der Waals surface area contributed by atoms with E-state index in [1.165, 1.54) is 11.8 Å². The van der Waals surface area contributed by atoms with Crippen molar-refractivity contribution in [2.75, 3.05) is 17.1 Å². The van der Waals surface area contributed by atoms with Gasteiger partial charge in [-0.05, 0) is 75.2 Å². The standard InChI is InChI=1S/C25H26ClF3N4O3S/c1-15-6-7-21(10-16(15)2)33-17(3)11-19(18(33)4)13-30-31-24(34)14-32(37(5,35)36)20-8-9-23(26)22(12-20)25(27,28)29/h6-13H,14H2,1-5H3,(H,31,34)/b30-13-. The number of nitrogens with one attached hydrogen (secondary N) is 1. The molecule has 198 valence electrons.